The summed E-state index contributed by atoms with van der Waals surface area (Å²) in [7, 11) is 0. The van der Waals surface area contributed by atoms with Gasteiger partial charge in [0.1, 0.15) is 17.0 Å². The molecule has 2 heterocycles. The molecule has 0 saturated heterocycles. The number of aromatic hydroxyl groups is 1. The van der Waals surface area contributed by atoms with E-state index >= 15 is 0 Å². The highest BCUT2D eigenvalue weighted by Gasteiger charge is 2.16. The third-order valence-electron chi connectivity index (χ3n) is 6.73. The van der Waals surface area contributed by atoms with Gasteiger partial charge in [-0.05, 0) is 60.7 Å². The van der Waals surface area contributed by atoms with Crippen LogP contribution < -0.4 is 16.3 Å². The number of para-hydroxylation sites is 1. The van der Waals surface area contributed by atoms with Gasteiger partial charge in [-0.25, -0.2) is 4.79 Å². The molecule has 4 aromatic carbocycles. The second-order valence-corrected chi connectivity index (χ2v) is 10.8. The number of aromatic amines is 1. The van der Waals surface area contributed by atoms with Gasteiger partial charge in [-0.15, -0.1) is 11.8 Å². The number of carbonyl (C=O) groups is 2. The second-order valence-electron chi connectivity index (χ2n) is 9.72. The highest BCUT2D eigenvalue weighted by Crippen LogP contribution is 2.27. The van der Waals surface area contributed by atoms with Crippen molar-refractivity contribution in [1.29, 1.82) is 0 Å². The van der Waals surface area contributed by atoms with Crippen molar-refractivity contribution in [3.05, 3.63) is 142 Å². The van der Waals surface area contributed by atoms with Gasteiger partial charge >= 0.3 is 5.63 Å². The normalized spacial score (nSPS) is 11.5. The molecule has 2 amide bonds. The van der Waals surface area contributed by atoms with Gasteiger partial charge in [0.25, 0.3) is 11.8 Å². The Kier molecular flexibility index (Phi) is 7.80. The molecule has 0 atom stereocenters. The Balaban J connectivity index is 1.22. The number of hydrogen-bond acceptors (Lipinski definition) is 6. The number of phenols is 1. The van der Waals surface area contributed by atoms with E-state index in [4.69, 9.17) is 4.42 Å². The molecule has 43 heavy (non-hydrogen) atoms. The van der Waals surface area contributed by atoms with Crippen molar-refractivity contribution >= 4 is 57.2 Å². The number of nitrogens with one attached hydrogen (secondary N) is 3. The van der Waals surface area contributed by atoms with Crippen LogP contribution in [-0.4, -0.2) is 21.9 Å². The summed E-state index contributed by atoms with van der Waals surface area (Å²) in [6, 6.07) is 30.0. The standard InChI is InChI=1S/C34H25N3O5S/c38-26-14-13-22-15-24(34(41)42-31(22)18-26)20-43-27-10-6-9-25(17-27)36-33(40)30(37-32(39)21-7-2-1-3-8-21)16-23-19-35-29-12-5-4-11-28(23)29/h1-19,35,38H,20H2,(H,36,40)(H,37,39)/b30-16-. The van der Waals surface area contributed by atoms with Gasteiger partial charge in [0, 0.05) is 61.6 Å². The summed E-state index contributed by atoms with van der Waals surface area (Å²) in [4.78, 5) is 43.1. The van der Waals surface area contributed by atoms with Crippen LogP contribution in [0.15, 0.2) is 129 Å². The Morgan fingerprint density at radius 2 is 1.72 bits per heavy atom. The number of anilines is 1. The van der Waals surface area contributed by atoms with Crippen molar-refractivity contribution in [2.24, 2.45) is 0 Å². The lowest BCUT2D eigenvalue weighted by Crippen LogP contribution is -2.30. The van der Waals surface area contributed by atoms with Gasteiger partial charge in [0.2, 0.25) is 0 Å². The fraction of sp³-hybridized carbons (Fsp3) is 0.0294. The highest BCUT2D eigenvalue weighted by atomic mass is 32.2. The monoisotopic (exact) mass is 587 g/mol. The number of rotatable bonds is 8. The Bertz CT molecular complexity index is 2060. The van der Waals surface area contributed by atoms with Crippen LogP contribution in [0.4, 0.5) is 5.69 Å². The molecule has 0 radical (unpaired) electrons. The third-order valence-corrected chi connectivity index (χ3v) is 7.77. The number of benzene rings is 4. The SMILES string of the molecule is O=C(Nc1cccc(SCc2cc3ccc(O)cc3oc2=O)c1)/C(=C/c1c[nH]c2ccccc12)NC(=O)c1ccccc1. The predicted octanol–water partition coefficient (Wildman–Crippen LogP) is 6.68. The molecule has 0 saturated carbocycles. The molecular weight excluding hydrogens is 562 g/mol. The molecule has 0 aliphatic rings. The number of carbonyl (C=O) groups excluding carboxylic acids is 2. The maximum absolute atomic E-state index is 13.5. The molecule has 8 nitrogen and oxygen atoms in total. The molecule has 0 bridgehead atoms. The first kappa shape index (κ1) is 27.6. The summed E-state index contributed by atoms with van der Waals surface area (Å²) in [5.41, 5.74) is 3.01. The van der Waals surface area contributed by atoms with E-state index in [0.717, 1.165) is 21.4 Å². The van der Waals surface area contributed by atoms with Crippen LogP contribution in [0.3, 0.4) is 0 Å². The average Bonchev–Trinajstić information content (AvgIpc) is 3.43. The van der Waals surface area contributed by atoms with Crippen molar-refractivity contribution in [3.63, 3.8) is 0 Å². The Hall–Kier alpha value is -5.54. The van der Waals surface area contributed by atoms with Crippen molar-refractivity contribution < 1.29 is 19.1 Å². The summed E-state index contributed by atoms with van der Waals surface area (Å²) in [6.45, 7) is 0. The number of fused-ring (bicyclic) bond motifs is 2. The minimum absolute atomic E-state index is 0.0238. The first-order valence-corrected chi connectivity index (χ1v) is 14.4. The quantitative estimate of drug-likeness (QED) is 0.0895. The first-order chi connectivity index (χ1) is 20.9. The summed E-state index contributed by atoms with van der Waals surface area (Å²) in [6.07, 6.45) is 3.43. The van der Waals surface area contributed by atoms with E-state index < -0.39 is 17.4 Å². The van der Waals surface area contributed by atoms with Crippen LogP contribution in [0.2, 0.25) is 0 Å². The highest BCUT2D eigenvalue weighted by molar-refractivity contribution is 7.98. The molecule has 0 aliphatic carbocycles. The van der Waals surface area contributed by atoms with Crippen molar-refractivity contribution in [3.8, 4) is 5.75 Å². The van der Waals surface area contributed by atoms with E-state index in [1.54, 1.807) is 66.9 Å². The molecule has 6 rings (SSSR count). The maximum Gasteiger partial charge on any atom is 0.340 e. The lowest BCUT2D eigenvalue weighted by molar-refractivity contribution is -0.113. The van der Waals surface area contributed by atoms with Gasteiger partial charge in [0.15, 0.2) is 0 Å². The number of phenolic OH excluding ortho intramolecular Hbond substituents is 1. The van der Waals surface area contributed by atoms with Gasteiger partial charge < -0.3 is 25.1 Å². The van der Waals surface area contributed by atoms with E-state index in [-0.39, 0.29) is 11.4 Å². The van der Waals surface area contributed by atoms with Crippen LogP contribution in [0.5, 0.6) is 5.75 Å². The largest absolute Gasteiger partial charge is 0.508 e. The molecule has 212 valence electrons. The van der Waals surface area contributed by atoms with E-state index in [2.05, 4.69) is 15.6 Å². The molecule has 6 aromatic rings. The minimum Gasteiger partial charge on any atom is -0.508 e. The maximum atomic E-state index is 13.5. The van der Waals surface area contributed by atoms with Gasteiger partial charge in [0.05, 0.1) is 0 Å². The number of thioether (sulfide) groups is 1. The van der Waals surface area contributed by atoms with Crippen LogP contribution in [0, 0.1) is 0 Å². The Labute approximate surface area is 250 Å². The van der Waals surface area contributed by atoms with Crippen molar-refractivity contribution in [2.45, 2.75) is 10.6 Å². The van der Waals surface area contributed by atoms with Gasteiger partial charge in [-0.2, -0.15) is 0 Å². The molecule has 9 heteroatoms. The van der Waals surface area contributed by atoms with E-state index in [1.807, 2.05) is 36.4 Å². The van der Waals surface area contributed by atoms with E-state index in [9.17, 15) is 19.5 Å². The topological polar surface area (TPSA) is 124 Å². The Morgan fingerprint density at radius 3 is 2.58 bits per heavy atom. The predicted molar refractivity (Wildman–Crippen MR) is 169 cm³/mol. The summed E-state index contributed by atoms with van der Waals surface area (Å²) in [5.74, 6) is -0.531. The fourth-order valence-electron chi connectivity index (χ4n) is 4.58. The van der Waals surface area contributed by atoms with Gasteiger partial charge in [-0.3, -0.25) is 9.59 Å². The fourth-order valence-corrected chi connectivity index (χ4v) is 5.49. The molecule has 2 aromatic heterocycles. The van der Waals surface area contributed by atoms with Crippen LogP contribution in [0.1, 0.15) is 21.5 Å². The smallest absolute Gasteiger partial charge is 0.340 e. The molecule has 0 unspecified atom stereocenters. The van der Waals surface area contributed by atoms with Gasteiger partial charge in [-0.1, -0.05) is 42.5 Å². The molecule has 0 aliphatic heterocycles. The number of H-pyrrole nitrogens is 1. The first-order valence-electron chi connectivity index (χ1n) is 13.4. The van der Waals surface area contributed by atoms with Crippen LogP contribution >= 0.6 is 11.8 Å². The molecular formula is C34H25N3O5S. The average molecular weight is 588 g/mol. The van der Waals surface area contributed by atoms with E-state index in [0.29, 0.717) is 33.5 Å². The number of aromatic nitrogens is 1. The summed E-state index contributed by atoms with van der Waals surface area (Å²) < 4.78 is 5.37. The molecule has 4 N–H and O–H groups in total. The Morgan fingerprint density at radius 1 is 0.907 bits per heavy atom. The van der Waals surface area contributed by atoms with Crippen molar-refractivity contribution in [2.75, 3.05) is 5.32 Å². The number of hydrogen-bond donors (Lipinski definition) is 4. The zero-order valence-corrected chi connectivity index (χ0v) is 23.5. The lowest BCUT2D eigenvalue weighted by atomic mass is 10.1. The molecule has 0 fully saturated rings. The summed E-state index contributed by atoms with van der Waals surface area (Å²) >= 11 is 1.41. The minimum atomic E-state index is -0.491. The van der Waals surface area contributed by atoms with Crippen LogP contribution in [0.25, 0.3) is 27.9 Å². The second kappa shape index (κ2) is 12.1. The van der Waals surface area contributed by atoms with Crippen LogP contribution in [-0.2, 0) is 10.5 Å². The summed E-state index contributed by atoms with van der Waals surface area (Å²) in [5, 5.41) is 16.9. The van der Waals surface area contributed by atoms with Crippen molar-refractivity contribution in [1.82, 2.24) is 10.3 Å². The lowest BCUT2D eigenvalue weighted by Gasteiger charge is -2.12. The van der Waals surface area contributed by atoms with E-state index in [1.165, 1.54) is 23.9 Å². The zero-order chi connectivity index (χ0) is 29.8. The third kappa shape index (κ3) is 6.37. The zero-order valence-electron chi connectivity index (χ0n) is 22.7. The molecule has 0 spiro atoms. The number of amides is 2.